The summed E-state index contributed by atoms with van der Waals surface area (Å²) in [7, 11) is -4.79. The van der Waals surface area contributed by atoms with E-state index < -0.39 is 64.4 Å². The second-order valence-corrected chi connectivity index (χ2v) is 19.4. The van der Waals surface area contributed by atoms with E-state index in [1.165, 1.54) is 25.7 Å². The van der Waals surface area contributed by atoms with Crippen molar-refractivity contribution in [3.8, 4) is 0 Å². The van der Waals surface area contributed by atoms with Gasteiger partial charge in [0.25, 0.3) is 0 Å². The fourth-order valence-corrected chi connectivity index (χ4v) is 7.65. The average Bonchev–Trinajstić information content (AvgIpc) is 3.39. The second-order valence-electron chi connectivity index (χ2n) is 18.0. The molecule has 0 amide bonds. The number of carbonyl (C=O) groups is 3. The standard InChI is InChI=1S/C62H99O11P/c1-4-7-10-13-16-19-22-25-27-28-29-30-32-34-36-39-42-45-48-51-60(64)69-55-59(73-62(66)53-50-47-44-41-38-35-31-26-23-20-17-14-11-8-5-2)57-71-74(67,68)70-56-58(54-63)72-61(65)52-49-46-43-40-37-33-24-21-18-15-12-9-6-3/h8-9,11-12,16-21,25-27,29-31,33,37-38,41,47,50,58-59,63H,4-7,10,13-15,22-24,28,32,34-36,39-40,42-46,48-49,51-57H2,1-3H3,(H,67,68)/b11-8-,12-9-,19-16-,20-17-,21-18-,27-25-,30-29-,31-26-,37-33-,41-38-,50-47-. The number of phosphoric acid groups is 1. The van der Waals surface area contributed by atoms with Crippen LogP contribution >= 0.6 is 7.82 Å². The summed E-state index contributed by atoms with van der Waals surface area (Å²) in [5, 5.41) is 9.79. The van der Waals surface area contributed by atoms with Crippen LogP contribution in [0.25, 0.3) is 0 Å². The van der Waals surface area contributed by atoms with Gasteiger partial charge in [0, 0.05) is 12.8 Å². The Kier molecular flexibility index (Phi) is 51.6. The van der Waals surface area contributed by atoms with Gasteiger partial charge in [-0.2, -0.15) is 0 Å². The van der Waals surface area contributed by atoms with Gasteiger partial charge in [0.15, 0.2) is 6.10 Å². The van der Waals surface area contributed by atoms with Gasteiger partial charge in [-0.05, 0) is 116 Å². The zero-order valence-corrected chi connectivity index (χ0v) is 46.9. The van der Waals surface area contributed by atoms with E-state index in [0.717, 1.165) is 116 Å². The Balaban J connectivity index is 4.89. The van der Waals surface area contributed by atoms with Crippen molar-refractivity contribution in [2.45, 2.75) is 213 Å². The summed E-state index contributed by atoms with van der Waals surface area (Å²) in [6.07, 6.45) is 68.8. The Morgan fingerprint density at radius 2 is 0.757 bits per heavy atom. The lowest BCUT2D eigenvalue weighted by molar-refractivity contribution is -0.160. The van der Waals surface area contributed by atoms with Crippen LogP contribution in [0.5, 0.6) is 0 Å². The van der Waals surface area contributed by atoms with Crippen LogP contribution in [0, 0.1) is 0 Å². The quantitative estimate of drug-likeness (QED) is 0.0197. The third kappa shape index (κ3) is 52.5. The highest BCUT2D eigenvalue weighted by molar-refractivity contribution is 7.47. The molecule has 0 aliphatic rings. The highest BCUT2D eigenvalue weighted by atomic mass is 31.2. The van der Waals surface area contributed by atoms with Crippen LogP contribution in [0.4, 0.5) is 0 Å². The molecule has 3 unspecified atom stereocenters. The van der Waals surface area contributed by atoms with E-state index in [4.69, 9.17) is 23.3 Å². The lowest BCUT2D eigenvalue weighted by atomic mass is 10.1. The molecule has 0 fully saturated rings. The topological polar surface area (TPSA) is 155 Å². The molecule has 0 aromatic carbocycles. The summed E-state index contributed by atoms with van der Waals surface area (Å²) in [5.41, 5.74) is 0. The van der Waals surface area contributed by atoms with Crippen molar-refractivity contribution in [1.29, 1.82) is 0 Å². The van der Waals surface area contributed by atoms with Crippen LogP contribution in [0.15, 0.2) is 134 Å². The zero-order chi connectivity index (χ0) is 54.1. The summed E-state index contributed by atoms with van der Waals surface area (Å²) >= 11 is 0. The summed E-state index contributed by atoms with van der Waals surface area (Å²) < 4.78 is 39.3. The number of aliphatic hydroxyl groups is 1. The first-order valence-corrected chi connectivity index (χ1v) is 29.6. The molecule has 3 atom stereocenters. The summed E-state index contributed by atoms with van der Waals surface area (Å²) in [6, 6.07) is 0. The molecule has 12 heteroatoms. The van der Waals surface area contributed by atoms with E-state index in [0.29, 0.717) is 19.3 Å². The molecule has 0 rings (SSSR count). The number of rotatable bonds is 50. The smallest absolute Gasteiger partial charge is 0.462 e. The number of hydrogen-bond donors (Lipinski definition) is 2. The molecule has 0 aliphatic heterocycles. The fourth-order valence-electron chi connectivity index (χ4n) is 6.86. The molecule has 0 radical (unpaired) electrons. The second kappa shape index (κ2) is 54.9. The fraction of sp³-hybridized carbons (Fsp3) is 0.597. The SMILES string of the molecule is CC/C=C\C/C=C\C/C=C\C/C=C\C/C=C\CC(=O)OC(COC(=O)CCCCCCCC/C=C\C/C=C\C/C=C\CCCCC)COP(=O)(O)OCC(CO)OC(=O)CCCCC/C=C\C/C=C\C/C=C\CC. The molecule has 0 saturated heterocycles. The van der Waals surface area contributed by atoms with E-state index in [1.807, 2.05) is 18.2 Å². The molecule has 11 nitrogen and oxygen atoms in total. The van der Waals surface area contributed by atoms with Gasteiger partial charge in [0.05, 0.1) is 26.2 Å². The van der Waals surface area contributed by atoms with Crippen molar-refractivity contribution in [3.05, 3.63) is 134 Å². The molecule has 2 N–H and O–H groups in total. The molecule has 0 heterocycles. The van der Waals surface area contributed by atoms with Crippen molar-refractivity contribution in [1.82, 2.24) is 0 Å². The van der Waals surface area contributed by atoms with Gasteiger partial charge in [0.1, 0.15) is 12.7 Å². The highest BCUT2D eigenvalue weighted by Gasteiger charge is 2.28. The van der Waals surface area contributed by atoms with Crippen molar-refractivity contribution < 1.29 is 52.2 Å². The van der Waals surface area contributed by atoms with Gasteiger partial charge in [-0.15, -0.1) is 0 Å². The minimum atomic E-state index is -4.79. The number of esters is 3. The van der Waals surface area contributed by atoms with Crippen LogP contribution in [0.3, 0.4) is 0 Å². The molecular weight excluding hydrogens is 952 g/mol. The van der Waals surface area contributed by atoms with Crippen molar-refractivity contribution in [3.63, 3.8) is 0 Å². The van der Waals surface area contributed by atoms with Gasteiger partial charge in [-0.1, -0.05) is 199 Å². The lowest BCUT2D eigenvalue weighted by Crippen LogP contribution is -2.30. The molecule has 0 aromatic heterocycles. The first kappa shape index (κ1) is 69.6. The molecule has 0 aromatic rings. The maximum atomic E-state index is 12.9. The van der Waals surface area contributed by atoms with E-state index in [9.17, 15) is 28.9 Å². The van der Waals surface area contributed by atoms with Crippen molar-refractivity contribution in [2.24, 2.45) is 0 Å². The van der Waals surface area contributed by atoms with Gasteiger partial charge < -0.3 is 24.2 Å². The summed E-state index contributed by atoms with van der Waals surface area (Å²) in [6.45, 7) is 4.20. The average molecular weight is 1050 g/mol. The largest absolute Gasteiger partial charge is 0.472 e. The molecular formula is C62H99O11P. The third-order valence-electron chi connectivity index (χ3n) is 11.1. The molecule has 418 valence electrons. The Hall–Kier alpha value is -4.38. The lowest BCUT2D eigenvalue weighted by Gasteiger charge is -2.21. The number of phosphoric ester groups is 1. The van der Waals surface area contributed by atoms with E-state index in [1.54, 1.807) is 6.08 Å². The number of unbranched alkanes of at least 4 members (excludes halogenated alkanes) is 12. The van der Waals surface area contributed by atoms with E-state index in [2.05, 4.69) is 130 Å². The maximum Gasteiger partial charge on any atom is 0.472 e. The first-order chi connectivity index (χ1) is 36.2. The number of hydrogen-bond acceptors (Lipinski definition) is 10. The number of carbonyl (C=O) groups excluding carboxylic acids is 3. The Bertz CT molecular complexity index is 1750. The first-order valence-electron chi connectivity index (χ1n) is 28.1. The van der Waals surface area contributed by atoms with Crippen LogP contribution in [-0.2, 0) is 42.2 Å². The number of ether oxygens (including phenoxy) is 3. The molecule has 0 aliphatic carbocycles. The predicted octanol–water partition coefficient (Wildman–Crippen LogP) is 16.6. The predicted molar refractivity (Wildman–Crippen MR) is 306 cm³/mol. The van der Waals surface area contributed by atoms with Gasteiger partial charge >= 0.3 is 25.7 Å². The number of allylic oxidation sites excluding steroid dienone is 21. The molecule has 0 bridgehead atoms. The van der Waals surface area contributed by atoms with Crippen LogP contribution in [0.1, 0.15) is 201 Å². The summed E-state index contributed by atoms with van der Waals surface area (Å²) in [4.78, 5) is 48.4. The van der Waals surface area contributed by atoms with Gasteiger partial charge in [-0.3, -0.25) is 23.4 Å². The minimum absolute atomic E-state index is 0.0771. The third-order valence-corrected chi connectivity index (χ3v) is 12.0. The molecule has 0 spiro atoms. The molecule has 74 heavy (non-hydrogen) atoms. The Labute approximate surface area is 449 Å². The van der Waals surface area contributed by atoms with Crippen LogP contribution in [0.2, 0.25) is 0 Å². The summed E-state index contributed by atoms with van der Waals surface area (Å²) in [5.74, 6) is -1.68. The highest BCUT2D eigenvalue weighted by Crippen LogP contribution is 2.43. The molecule has 0 saturated carbocycles. The normalized spacial score (nSPS) is 14.4. The Morgan fingerprint density at radius 1 is 0.405 bits per heavy atom. The van der Waals surface area contributed by atoms with Gasteiger partial charge in [-0.25, -0.2) is 4.57 Å². The zero-order valence-electron chi connectivity index (χ0n) is 46.0. The van der Waals surface area contributed by atoms with Gasteiger partial charge in [0.2, 0.25) is 0 Å². The number of aliphatic hydroxyl groups excluding tert-OH is 1. The minimum Gasteiger partial charge on any atom is -0.462 e. The van der Waals surface area contributed by atoms with Crippen LogP contribution < -0.4 is 0 Å². The maximum absolute atomic E-state index is 12.9. The van der Waals surface area contributed by atoms with E-state index >= 15 is 0 Å². The monoisotopic (exact) mass is 1050 g/mol. The Morgan fingerprint density at radius 3 is 1.20 bits per heavy atom. The van der Waals surface area contributed by atoms with Crippen LogP contribution in [-0.4, -0.2) is 66.5 Å². The van der Waals surface area contributed by atoms with Crippen molar-refractivity contribution in [2.75, 3.05) is 26.4 Å². The van der Waals surface area contributed by atoms with E-state index in [-0.39, 0.29) is 19.3 Å². The van der Waals surface area contributed by atoms with Crippen molar-refractivity contribution >= 4 is 25.7 Å².